The Balaban J connectivity index is 1.28. The summed E-state index contributed by atoms with van der Waals surface area (Å²) in [6.45, 7) is 4.03. The van der Waals surface area contributed by atoms with Gasteiger partial charge in [-0.3, -0.25) is 4.79 Å². The minimum absolute atomic E-state index is 0.285. The van der Waals surface area contributed by atoms with E-state index in [1.54, 1.807) is 42.7 Å². The van der Waals surface area contributed by atoms with Crippen LogP contribution in [-0.4, -0.2) is 20.9 Å². The van der Waals surface area contributed by atoms with Gasteiger partial charge in [-0.2, -0.15) is 0 Å². The molecule has 0 aliphatic rings. The molecule has 0 spiro atoms. The first-order valence-corrected chi connectivity index (χ1v) is 12.6. The van der Waals surface area contributed by atoms with Crippen molar-refractivity contribution in [1.82, 2.24) is 20.3 Å². The second-order valence-corrected chi connectivity index (χ2v) is 9.88. The first-order chi connectivity index (χ1) is 17.9. The number of nitrogens with two attached hydrogens (primary N) is 1. The average Bonchev–Trinajstić information content (AvgIpc) is 3.38. The molecule has 0 saturated carbocycles. The zero-order valence-corrected chi connectivity index (χ0v) is 21.1. The van der Waals surface area contributed by atoms with Crippen LogP contribution in [0.4, 0.5) is 16.0 Å². The Labute approximate surface area is 217 Å². The fraction of sp³-hybridized carbons (Fsp3) is 0.143. The van der Waals surface area contributed by atoms with E-state index in [1.165, 1.54) is 12.4 Å². The van der Waals surface area contributed by atoms with E-state index in [0.717, 1.165) is 26.2 Å². The summed E-state index contributed by atoms with van der Waals surface area (Å²) in [5, 5.41) is 7.04. The lowest BCUT2D eigenvalue weighted by Crippen LogP contribution is -2.27. The van der Waals surface area contributed by atoms with Crippen molar-refractivity contribution in [3.8, 4) is 10.4 Å². The number of nitrogens with one attached hydrogen (secondary N) is 2. The number of halogens is 1. The molecule has 3 aromatic heterocycles. The number of benzene rings is 2. The third kappa shape index (κ3) is 5.26. The Bertz CT molecular complexity index is 1600. The number of fused-ring (bicyclic) bond motifs is 1. The van der Waals surface area contributed by atoms with E-state index in [4.69, 9.17) is 5.73 Å². The first kappa shape index (κ1) is 24.3. The number of aromatic nitrogens is 3. The minimum Gasteiger partial charge on any atom is -0.383 e. The van der Waals surface area contributed by atoms with Gasteiger partial charge in [0.15, 0.2) is 0 Å². The zero-order valence-electron chi connectivity index (χ0n) is 20.3. The maximum Gasteiger partial charge on any atom is 0.255 e. The Kier molecular flexibility index (Phi) is 6.78. The van der Waals surface area contributed by atoms with E-state index in [-0.39, 0.29) is 17.8 Å². The molecule has 0 fully saturated rings. The van der Waals surface area contributed by atoms with Crippen LogP contribution >= 0.6 is 11.3 Å². The summed E-state index contributed by atoms with van der Waals surface area (Å²) >= 11 is 1.64. The molecular weight excluding hydrogens is 487 g/mol. The number of amides is 1. The lowest BCUT2D eigenvalue weighted by Gasteiger charge is -2.16. The summed E-state index contributed by atoms with van der Waals surface area (Å²) in [7, 11) is 0. The van der Waals surface area contributed by atoms with Crippen LogP contribution in [0, 0.1) is 12.7 Å². The number of nitrogens with zero attached hydrogens (tertiary/aromatic N) is 3. The summed E-state index contributed by atoms with van der Waals surface area (Å²) in [5.74, 6) is 0.353. The number of hydrogen-bond donors (Lipinski definition) is 3. The predicted octanol–water partition coefficient (Wildman–Crippen LogP) is 5.89. The van der Waals surface area contributed by atoms with E-state index in [1.807, 2.05) is 37.3 Å². The number of carbonyl (C=O) groups excluding carboxylic acids is 1. The molecule has 3 heterocycles. The summed E-state index contributed by atoms with van der Waals surface area (Å²) in [6, 6.07) is 18.1. The fourth-order valence-corrected chi connectivity index (χ4v) is 4.94. The third-order valence-electron chi connectivity index (χ3n) is 6.14. The highest BCUT2D eigenvalue weighted by atomic mass is 32.1. The van der Waals surface area contributed by atoms with E-state index in [9.17, 15) is 9.18 Å². The van der Waals surface area contributed by atoms with Gasteiger partial charge in [0.2, 0.25) is 0 Å². The second-order valence-electron chi connectivity index (χ2n) is 8.71. The van der Waals surface area contributed by atoms with Crippen LogP contribution in [0.1, 0.15) is 39.3 Å². The van der Waals surface area contributed by atoms with E-state index >= 15 is 0 Å². The van der Waals surface area contributed by atoms with Crippen LogP contribution in [0.15, 0.2) is 73.2 Å². The second kappa shape index (κ2) is 10.3. The third-order valence-corrected chi connectivity index (χ3v) is 7.27. The Morgan fingerprint density at radius 2 is 1.95 bits per heavy atom. The molecule has 0 bridgehead atoms. The Hall–Kier alpha value is -4.37. The molecule has 9 heteroatoms. The van der Waals surface area contributed by atoms with Crippen molar-refractivity contribution < 1.29 is 9.18 Å². The number of rotatable bonds is 7. The van der Waals surface area contributed by atoms with Crippen LogP contribution < -0.4 is 16.4 Å². The number of anilines is 2. The van der Waals surface area contributed by atoms with Gasteiger partial charge in [-0.15, -0.1) is 11.3 Å². The lowest BCUT2D eigenvalue weighted by molar-refractivity contribution is 0.0940. The molecule has 0 saturated heterocycles. The van der Waals surface area contributed by atoms with Crippen molar-refractivity contribution in [3.05, 3.63) is 101 Å². The van der Waals surface area contributed by atoms with Crippen LogP contribution in [0.25, 0.3) is 21.3 Å². The Morgan fingerprint density at radius 3 is 2.78 bits per heavy atom. The minimum atomic E-state index is -0.364. The van der Waals surface area contributed by atoms with Crippen molar-refractivity contribution in [2.45, 2.75) is 26.4 Å². The summed E-state index contributed by atoms with van der Waals surface area (Å²) in [4.78, 5) is 27.9. The van der Waals surface area contributed by atoms with Gasteiger partial charge in [0.05, 0.1) is 23.7 Å². The standard InChI is InChI=1S/C28H25FN6OS/c1-16-5-6-18(13-23(16)29)17(2)35-28(36)21-4-3-11-31-27(21)32-14-20-8-10-25(37-20)19-7-9-24-22(12-19)26(30)34-15-33-24/h3-13,15,17H,14H2,1-2H3,(H,31,32)(H,35,36)(H2,30,33,34)/t17-/m0/s1. The molecule has 7 nitrogen and oxygen atoms in total. The number of aryl methyl sites for hydroxylation is 1. The summed E-state index contributed by atoms with van der Waals surface area (Å²) < 4.78 is 14.0. The van der Waals surface area contributed by atoms with E-state index in [0.29, 0.717) is 34.9 Å². The maximum absolute atomic E-state index is 14.0. The predicted molar refractivity (Wildman–Crippen MR) is 146 cm³/mol. The highest BCUT2D eigenvalue weighted by molar-refractivity contribution is 7.15. The van der Waals surface area contributed by atoms with Crippen LogP contribution in [0.2, 0.25) is 0 Å². The SMILES string of the molecule is Cc1ccc([C@H](C)NC(=O)c2cccnc2NCc2ccc(-c3ccc4ncnc(N)c4c3)s2)cc1F. The molecule has 1 atom stereocenters. The van der Waals surface area contributed by atoms with Gasteiger partial charge in [0, 0.05) is 21.3 Å². The van der Waals surface area contributed by atoms with Gasteiger partial charge < -0.3 is 16.4 Å². The largest absolute Gasteiger partial charge is 0.383 e. The number of thiophene rings is 1. The van der Waals surface area contributed by atoms with Crippen molar-refractivity contribution >= 4 is 39.8 Å². The van der Waals surface area contributed by atoms with Crippen molar-refractivity contribution in [2.75, 3.05) is 11.1 Å². The van der Waals surface area contributed by atoms with Crippen molar-refractivity contribution in [1.29, 1.82) is 0 Å². The number of pyridine rings is 1. The van der Waals surface area contributed by atoms with E-state index in [2.05, 4.69) is 31.7 Å². The summed E-state index contributed by atoms with van der Waals surface area (Å²) in [6.07, 6.45) is 3.10. The topological polar surface area (TPSA) is 106 Å². The normalized spacial score (nSPS) is 11.9. The monoisotopic (exact) mass is 512 g/mol. The van der Waals surface area contributed by atoms with Gasteiger partial charge in [-0.25, -0.2) is 19.3 Å². The molecule has 186 valence electrons. The highest BCUT2D eigenvalue weighted by Gasteiger charge is 2.17. The molecule has 0 unspecified atom stereocenters. The van der Waals surface area contributed by atoms with Gasteiger partial charge in [0.1, 0.15) is 23.8 Å². The molecule has 0 aliphatic carbocycles. The number of hydrogen-bond acceptors (Lipinski definition) is 7. The number of nitrogen functional groups attached to an aromatic ring is 1. The molecule has 2 aromatic carbocycles. The molecule has 5 rings (SSSR count). The zero-order chi connectivity index (χ0) is 25.9. The van der Waals surface area contributed by atoms with Gasteiger partial charge in [-0.05, 0) is 73.0 Å². The first-order valence-electron chi connectivity index (χ1n) is 11.7. The van der Waals surface area contributed by atoms with Crippen molar-refractivity contribution in [2.24, 2.45) is 0 Å². The van der Waals surface area contributed by atoms with Gasteiger partial charge in [-0.1, -0.05) is 18.2 Å². The van der Waals surface area contributed by atoms with Crippen LogP contribution in [-0.2, 0) is 6.54 Å². The number of carbonyl (C=O) groups is 1. The van der Waals surface area contributed by atoms with Crippen LogP contribution in [0.3, 0.4) is 0 Å². The average molecular weight is 513 g/mol. The van der Waals surface area contributed by atoms with E-state index < -0.39 is 0 Å². The lowest BCUT2D eigenvalue weighted by atomic mass is 10.1. The molecule has 5 aromatic rings. The van der Waals surface area contributed by atoms with Gasteiger partial charge in [0.25, 0.3) is 5.91 Å². The maximum atomic E-state index is 14.0. The molecule has 0 radical (unpaired) electrons. The molecule has 4 N–H and O–H groups in total. The highest BCUT2D eigenvalue weighted by Crippen LogP contribution is 2.31. The smallest absolute Gasteiger partial charge is 0.255 e. The van der Waals surface area contributed by atoms with Crippen LogP contribution in [0.5, 0.6) is 0 Å². The van der Waals surface area contributed by atoms with Crippen molar-refractivity contribution in [3.63, 3.8) is 0 Å². The fourth-order valence-electron chi connectivity index (χ4n) is 3.99. The Morgan fingerprint density at radius 1 is 1.08 bits per heavy atom. The molecule has 37 heavy (non-hydrogen) atoms. The molecule has 0 aliphatic heterocycles. The molecule has 1 amide bonds. The quantitative estimate of drug-likeness (QED) is 0.251. The van der Waals surface area contributed by atoms with Gasteiger partial charge >= 0.3 is 0 Å². The molecular formula is C28H25FN6OS. The summed E-state index contributed by atoms with van der Waals surface area (Å²) in [5.41, 5.74) is 9.54.